The molecule has 1 aromatic rings. The third kappa shape index (κ3) is 4.15. The van der Waals surface area contributed by atoms with Crippen LogP contribution in [0, 0.1) is 5.92 Å². The Morgan fingerprint density at radius 2 is 1.96 bits per heavy atom. The van der Waals surface area contributed by atoms with Gasteiger partial charge in [0.2, 0.25) is 11.8 Å². The van der Waals surface area contributed by atoms with E-state index in [2.05, 4.69) is 25.2 Å². The van der Waals surface area contributed by atoms with E-state index in [1.807, 2.05) is 28.0 Å². The second-order valence-corrected chi connectivity index (χ2v) is 6.85. The smallest absolute Gasteiger partial charge is 0.228 e. The summed E-state index contributed by atoms with van der Waals surface area (Å²) in [7, 11) is 0. The molecule has 0 aliphatic carbocycles. The van der Waals surface area contributed by atoms with Crippen molar-refractivity contribution in [2.45, 2.75) is 32.6 Å². The van der Waals surface area contributed by atoms with Crippen LogP contribution in [0.1, 0.15) is 38.2 Å². The summed E-state index contributed by atoms with van der Waals surface area (Å²) in [5.41, 5.74) is 2.18. The van der Waals surface area contributed by atoms with E-state index in [1.54, 1.807) is 0 Å². The Morgan fingerprint density at radius 3 is 2.64 bits per heavy atom. The number of amides is 2. The van der Waals surface area contributed by atoms with Crippen molar-refractivity contribution in [2.75, 3.05) is 37.6 Å². The summed E-state index contributed by atoms with van der Waals surface area (Å²) in [5.74, 6) is 0.394. The highest BCUT2D eigenvalue weighted by atomic mass is 35.5. The fourth-order valence-corrected chi connectivity index (χ4v) is 3.62. The zero-order chi connectivity index (χ0) is 17.1. The van der Waals surface area contributed by atoms with Gasteiger partial charge in [-0.2, -0.15) is 0 Å². The number of hydrogen-bond acceptors (Lipinski definition) is 3. The number of benzene rings is 1. The third-order valence-electron chi connectivity index (χ3n) is 5.27. The van der Waals surface area contributed by atoms with Crippen LogP contribution in [0.25, 0.3) is 0 Å². The van der Waals surface area contributed by atoms with Gasteiger partial charge in [0.05, 0.1) is 5.92 Å². The molecule has 0 spiro atoms. The summed E-state index contributed by atoms with van der Waals surface area (Å²) in [4.78, 5) is 29.0. The number of nitrogens with one attached hydrogen (secondary N) is 1. The number of carbonyl (C=O) groups excluding carboxylic acids is 2. The number of halogens is 1. The molecule has 2 atom stereocenters. The Morgan fingerprint density at radius 1 is 1.28 bits per heavy atom. The molecule has 2 aliphatic heterocycles. The van der Waals surface area contributed by atoms with Crippen LogP contribution in [0.5, 0.6) is 0 Å². The Hall–Kier alpha value is -1.59. The average Bonchev–Trinajstić information content (AvgIpc) is 3.02. The lowest BCUT2D eigenvalue weighted by Crippen LogP contribution is -2.48. The van der Waals surface area contributed by atoms with Gasteiger partial charge in [-0.25, -0.2) is 0 Å². The second-order valence-electron chi connectivity index (χ2n) is 6.85. The maximum atomic E-state index is 12.7. The van der Waals surface area contributed by atoms with Gasteiger partial charge in [0.15, 0.2) is 0 Å². The maximum Gasteiger partial charge on any atom is 0.228 e. The van der Waals surface area contributed by atoms with Crippen LogP contribution in [-0.4, -0.2) is 49.4 Å². The van der Waals surface area contributed by atoms with E-state index in [9.17, 15) is 9.59 Å². The van der Waals surface area contributed by atoms with Crippen LogP contribution in [0.15, 0.2) is 24.3 Å². The van der Waals surface area contributed by atoms with Gasteiger partial charge >= 0.3 is 0 Å². The lowest BCUT2D eigenvalue weighted by molar-refractivity contribution is -0.136. The van der Waals surface area contributed by atoms with Gasteiger partial charge < -0.3 is 15.1 Å². The van der Waals surface area contributed by atoms with E-state index < -0.39 is 0 Å². The van der Waals surface area contributed by atoms with Crippen LogP contribution >= 0.6 is 12.4 Å². The number of nitrogens with zero attached hydrogens (tertiary/aromatic N) is 2. The number of carbonyl (C=O) groups is 2. The lowest BCUT2D eigenvalue weighted by Gasteiger charge is -2.29. The Kier molecular flexibility index (Phi) is 6.85. The zero-order valence-corrected chi connectivity index (χ0v) is 15.8. The first-order valence-electron chi connectivity index (χ1n) is 9.00. The van der Waals surface area contributed by atoms with Crippen molar-refractivity contribution < 1.29 is 9.59 Å². The molecule has 2 unspecified atom stereocenters. The van der Waals surface area contributed by atoms with E-state index >= 15 is 0 Å². The highest BCUT2D eigenvalue weighted by Crippen LogP contribution is 2.33. The number of para-hydroxylation sites is 1. The Labute approximate surface area is 156 Å². The van der Waals surface area contributed by atoms with Crippen LogP contribution in [0.2, 0.25) is 0 Å². The molecule has 0 aromatic heterocycles. The minimum Gasteiger partial charge on any atom is -0.340 e. The highest BCUT2D eigenvalue weighted by Gasteiger charge is 2.38. The summed E-state index contributed by atoms with van der Waals surface area (Å²) >= 11 is 0. The van der Waals surface area contributed by atoms with Gasteiger partial charge in [0.1, 0.15) is 0 Å². The molecule has 2 heterocycles. The van der Waals surface area contributed by atoms with Crippen LogP contribution in [0.3, 0.4) is 0 Å². The zero-order valence-electron chi connectivity index (χ0n) is 15.0. The highest BCUT2D eigenvalue weighted by molar-refractivity contribution is 6.00. The van der Waals surface area contributed by atoms with Gasteiger partial charge in [-0.15, -0.1) is 12.4 Å². The molecule has 2 saturated heterocycles. The summed E-state index contributed by atoms with van der Waals surface area (Å²) in [6, 6.07) is 8.11. The molecule has 25 heavy (non-hydrogen) atoms. The third-order valence-corrected chi connectivity index (χ3v) is 5.27. The topological polar surface area (TPSA) is 52.7 Å². The number of hydrogen-bond donors (Lipinski definition) is 1. The SMILES string of the molecule is CCC(C)c1ccccc1N1CC(C(=O)N2CCNCC2)CC1=O.Cl. The molecule has 0 saturated carbocycles. The summed E-state index contributed by atoms with van der Waals surface area (Å²) < 4.78 is 0. The molecular weight excluding hydrogens is 338 g/mol. The average molecular weight is 366 g/mol. The summed E-state index contributed by atoms with van der Waals surface area (Å²) in [5, 5.41) is 3.26. The first-order chi connectivity index (χ1) is 11.6. The normalized spacial score (nSPS) is 21.8. The first kappa shape index (κ1) is 19.7. The fourth-order valence-electron chi connectivity index (χ4n) is 3.62. The van der Waals surface area contributed by atoms with Gasteiger partial charge in [0, 0.05) is 44.8 Å². The molecular formula is C19H28ClN3O2. The quantitative estimate of drug-likeness (QED) is 0.891. The molecule has 2 aliphatic rings. The monoisotopic (exact) mass is 365 g/mol. The largest absolute Gasteiger partial charge is 0.340 e. The van der Waals surface area contributed by atoms with Crippen molar-refractivity contribution in [3.63, 3.8) is 0 Å². The maximum absolute atomic E-state index is 12.7. The summed E-state index contributed by atoms with van der Waals surface area (Å²) in [6.45, 7) is 8.02. The van der Waals surface area contributed by atoms with Crippen LogP contribution < -0.4 is 10.2 Å². The fraction of sp³-hybridized carbons (Fsp3) is 0.579. The number of rotatable bonds is 4. The molecule has 3 rings (SSSR count). The molecule has 0 radical (unpaired) electrons. The standard InChI is InChI=1S/C19H27N3O2.ClH/c1-3-14(2)16-6-4-5-7-17(16)22-13-15(12-18(22)23)19(24)21-10-8-20-9-11-21;/h4-7,14-15,20H,3,8-13H2,1-2H3;1H. The minimum absolute atomic E-state index is 0. The number of piperazine rings is 1. The van der Waals surface area contributed by atoms with Crippen LogP contribution in [0.4, 0.5) is 5.69 Å². The van der Waals surface area contributed by atoms with E-state index in [1.165, 1.54) is 5.56 Å². The van der Waals surface area contributed by atoms with E-state index in [0.717, 1.165) is 38.3 Å². The van der Waals surface area contributed by atoms with Crippen molar-refractivity contribution in [3.05, 3.63) is 29.8 Å². The van der Waals surface area contributed by atoms with Gasteiger partial charge in [-0.05, 0) is 24.0 Å². The second kappa shape index (κ2) is 8.68. The van der Waals surface area contributed by atoms with E-state index in [4.69, 9.17) is 0 Å². The molecule has 5 nitrogen and oxygen atoms in total. The molecule has 1 aromatic carbocycles. The minimum atomic E-state index is -0.208. The van der Waals surface area contributed by atoms with Crippen molar-refractivity contribution >= 4 is 29.9 Å². The van der Waals surface area contributed by atoms with Crippen molar-refractivity contribution in [2.24, 2.45) is 5.92 Å². The van der Waals surface area contributed by atoms with Gasteiger partial charge in [-0.3, -0.25) is 9.59 Å². The molecule has 0 bridgehead atoms. The van der Waals surface area contributed by atoms with E-state index in [-0.39, 0.29) is 30.1 Å². The Bertz CT molecular complexity index is 616. The molecule has 138 valence electrons. The predicted octanol–water partition coefficient (Wildman–Crippen LogP) is 2.41. The summed E-state index contributed by atoms with van der Waals surface area (Å²) in [6.07, 6.45) is 1.36. The molecule has 6 heteroatoms. The van der Waals surface area contributed by atoms with Crippen LogP contribution in [-0.2, 0) is 9.59 Å². The predicted molar refractivity (Wildman–Crippen MR) is 102 cm³/mol. The lowest BCUT2D eigenvalue weighted by atomic mass is 9.96. The molecule has 2 fully saturated rings. The molecule has 1 N–H and O–H groups in total. The van der Waals surface area contributed by atoms with Gasteiger partial charge in [-0.1, -0.05) is 32.0 Å². The van der Waals surface area contributed by atoms with E-state index in [0.29, 0.717) is 18.9 Å². The molecule has 2 amide bonds. The van der Waals surface area contributed by atoms with Crippen molar-refractivity contribution in [1.29, 1.82) is 0 Å². The van der Waals surface area contributed by atoms with Gasteiger partial charge in [0.25, 0.3) is 0 Å². The van der Waals surface area contributed by atoms with Crippen molar-refractivity contribution in [1.82, 2.24) is 10.2 Å². The Balaban J connectivity index is 0.00000225. The van der Waals surface area contributed by atoms with Crippen molar-refractivity contribution in [3.8, 4) is 0 Å². The number of anilines is 1. The first-order valence-corrected chi connectivity index (χ1v) is 9.00.